The van der Waals surface area contributed by atoms with Crippen LogP contribution in [0.4, 0.5) is 5.69 Å². The first-order valence-corrected chi connectivity index (χ1v) is 8.69. The fourth-order valence-corrected chi connectivity index (χ4v) is 3.75. The molecule has 1 aliphatic rings. The van der Waals surface area contributed by atoms with Gasteiger partial charge < -0.3 is 9.32 Å². The Morgan fingerprint density at radius 1 is 1.26 bits per heavy atom. The second kappa shape index (κ2) is 5.75. The molecule has 2 heterocycles. The van der Waals surface area contributed by atoms with E-state index in [4.69, 9.17) is 4.42 Å². The number of nitrogens with zero attached hydrogens (tertiary/aromatic N) is 1. The van der Waals surface area contributed by atoms with E-state index < -0.39 is 0 Å². The summed E-state index contributed by atoms with van der Waals surface area (Å²) in [5, 5.41) is 0.993. The maximum absolute atomic E-state index is 11.7. The number of hydrogen-bond acceptors (Lipinski definition) is 4. The largest absolute Gasteiger partial charge is 0.423 e. The van der Waals surface area contributed by atoms with Gasteiger partial charge in [0.2, 0.25) is 0 Å². The molecule has 0 N–H and O–H groups in total. The highest BCUT2D eigenvalue weighted by atomic mass is 32.1. The van der Waals surface area contributed by atoms with Crippen LogP contribution < -0.4 is 10.5 Å². The van der Waals surface area contributed by atoms with E-state index in [0.29, 0.717) is 11.3 Å². The molecule has 4 heteroatoms. The molecule has 0 atom stereocenters. The summed E-state index contributed by atoms with van der Waals surface area (Å²) in [5.74, 6) is 0.692. The summed E-state index contributed by atoms with van der Waals surface area (Å²) in [5.41, 5.74) is 4.78. The van der Waals surface area contributed by atoms with Gasteiger partial charge in [-0.25, -0.2) is 4.79 Å². The number of rotatable bonds is 3. The average molecular weight is 329 g/mol. The van der Waals surface area contributed by atoms with Gasteiger partial charge in [0, 0.05) is 41.1 Å². The Hall–Kier alpha value is -1.68. The Labute approximate surface area is 142 Å². The zero-order valence-electron chi connectivity index (χ0n) is 14.1. The van der Waals surface area contributed by atoms with Crippen molar-refractivity contribution < 1.29 is 4.42 Å². The van der Waals surface area contributed by atoms with Crippen molar-refractivity contribution in [2.75, 3.05) is 17.2 Å². The highest BCUT2D eigenvalue weighted by Gasteiger charge is 2.32. The van der Waals surface area contributed by atoms with Gasteiger partial charge in [-0.15, -0.1) is 0 Å². The van der Waals surface area contributed by atoms with Crippen LogP contribution in [0.5, 0.6) is 0 Å². The molecule has 0 fully saturated rings. The minimum atomic E-state index is -0.294. The predicted octanol–water partition coefficient (Wildman–Crippen LogP) is 4.42. The van der Waals surface area contributed by atoms with E-state index in [1.165, 1.54) is 11.1 Å². The lowest BCUT2D eigenvalue weighted by atomic mass is 9.87. The van der Waals surface area contributed by atoms with Gasteiger partial charge in [-0.05, 0) is 44.4 Å². The fourth-order valence-electron chi connectivity index (χ4n) is 3.49. The van der Waals surface area contributed by atoms with Gasteiger partial charge in [0.1, 0.15) is 5.58 Å². The summed E-state index contributed by atoms with van der Waals surface area (Å²) in [6.45, 7) is 9.51. The maximum atomic E-state index is 11.7. The molecule has 1 aromatic heterocycles. The molecule has 3 nitrogen and oxygen atoms in total. The van der Waals surface area contributed by atoms with Crippen LogP contribution in [0.15, 0.2) is 33.5 Å². The van der Waals surface area contributed by atoms with Crippen molar-refractivity contribution in [2.24, 2.45) is 0 Å². The van der Waals surface area contributed by atoms with Crippen LogP contribution in [0, 0.1) is 6.92 Å². The number of benzene rings is 1. The quantitative estimate of drug-likeness (QED) is 0.668. The lowest BCUT2D eigenvalue weighted by Crippen LogP contribution is -2.45. The summed E-state index contributed by atoms with van der Waals surface area (Å²) in [4.78, 5) is 14.1. The maximum Gasteiger partial charge on any atom is 0.336 e. The molecule has 0 saturated carbocycles. The van der Waals surface area contributed by atoms with Gasteiger partial charge in [0.15, 0.2) is 0 Å². The van der Waals surface area contributed by atoms with Crippen molar-refractivity contribution in [3.63, 3.8) is 0 Å². The summed E-state index contributed by atoms with van der Waals surface area (Å²) < 4.78 is 5.45. The van der Waals surface area contributed by atoms with Crippen LogP contribution in [-0.4, -0.2) is 17.8 Å². The molecule has 3 rings (SSSR count). The lowest BCUT2D eigenvalue weighted by Gasteiger charge is -2.43. The van der Waals surface area contributed by atoms with Gasteiger partial charge in [0.25, 0.3) is 0 Å². The smallest absolute Gasteiger partial charge is 0.336 e. The highest BCUT2D eigenvalue weighted by molar-refractivity contribution is 7.80. The Morgan fingerprint density at radius 2 is 2.00 bits per heavy atom. The Kier molecular flexibility index (Phi) is 4.05. The molecular formula is C19H23NO2S. The first-order valence-electron chi connectivity index (χ1n) is 8.06. The Morgan fingerprint density at radius 3 is 2.65 bits per heavy atom. The summed E-state index contributed by atoms with van der Waals surface area (Å²) in [7, 11) is 0. The molecule has 122 valence electrons. The van der Waals surface area contributed by atoms with Crippen molar-refractivity contribution in [1.29, 1.82) is 0 Å². The van der Waals surface area contributed by atoms with E-state index in [2.05, 4.69) is 50.4 Å². The third-order valence-electron chi connectivity index (χ3n) is 4.55. The van der Waals surface area contributed by atoms with Gasteiger partial charge >= 0.3 is 5.63 Å². The second-order valence-corrected chi connectivity index (χ2v) is 7.06. The molecule has 0 radical (unpaired) electrons. The standard InChI is InChI=1S/C19H23NO2S/c1-5-6-20-16-9-17-14(12(2)7-18(21)22-17)8-15(16)13(11-23)10-19(20,3)4/h7-10,23H,5-6,11H2,1-4H3. The topological polar surface area (TPSA) is 33.5 Å². The van der Waals surface area contributed by atoms with Gasteiger partial charge in [-0.1, -0.05) is 13.0 Å². The molecule has 1 aliphatic heterocycles. The molecule has 23 heavy (non-hydrogen) atoms. The van der Waals surface area contributed by atoms with E-state index in [1.54, 1.807) is 6.07 Å². The fraction of sp³-hybridized carbons (Fsp3) is 0.421. The third kappa shape index (κ3) is 2.69. The van der Waals surface area contributed by atoms with Crippen molar-refractivity contribution in [2.45, 2.75) is 39.7 Å². The van der Waals surface area contributed by atoms with Crippen molar-refractivity contribution in [1.82, 2.24) is 0 Å². The molecule has 0 spiro atoms. The zero-order valence-corrected chi connectivity index (χ0v) is 15.0. The molecular weight excluding hydrogens is 306 g/mol. The number of anilines is 1. The van der Waals surface area contributed by atoms with E-state index in [1.807, 2.05) is 13.0 Å². The van der Waals surface area contributed by atoms with Crippen LogP contribution in [-0.2, 0) is 0 Å². The molecule has 0 saturated heterocycles. The van der Waals surface area contributed by atoms with Crippen LogP contribution in [0.2, 0.25) is 0 Å². The zero-order chi connectivity index (χ0) is 16.8. The minimum Gasteiger partial charge on any atom is -0.423 e. The van der Waals surface area contributed by atoms with Gasteiger partial charge in [0.05, 0.1) is 5.54 Å². The first kappa shape index (κ1) is 16.2. The predicted molar refractivity (Wildman–Crippen MR) is 101 cm³/mol. The Balaban J connectivity index is 2.34. The van der Waals surface area contributed by atoms with E-state index >= 15 is 0 Å². The van der Waals surface area contributed by atoms with Crippen LogP contribution in [0.3, 0.4) is 0 Å². The Bertz CT molecular complexity index is 848. The van der Waals surface area contributed by atoms with E-state index in [9.17, 15) is 4.79 Å². The lowest BCUT2D eigenvalue weighted by molar-refractivity contribution is 0.545. The van der Waals surface area contributed by atoms with Gasteiger partial charge in [-0.2, -0.15) is 12.6 Å². The van der Waals surface area contributed by atoms with Crippen LogP contribution >= 0.6 is 12.6 Å². The van der Waals surface area contributed by atoms with Crippen molar-refractivity contribution in [3.05, 3.63) is 45.8 Å². The molecule has 0 amide bonds. The van der Waals surface area contributed by atoms with Crippen molar-refractivity contribution >= 4 is 34.9 Å². The third-order valence-corrected chi connectivity index (χ3v) is 4.89. The molecule has 0 aliphatic carbocycles. The van der Waals surface area contributed by atoms with E-state index in [-0.39, 0.29) is 11.2 Å². The van der Waals surface area contributed by atoms with Crippen molar-refractivity contribution in [3.8, 4) is 0 Å². The molecule has 2 aromatic rings. The number of fused-ring (bicyclic) bond motifs is 2. The first-order chi connectivity index (χ1) is 10.9. The SMILES string of the molecule is CCCN1c2cc3oc(=O)cc(C)c3cc2C(CS)=CC1(C)C. The monoisotopic (exact) mass is 329 g/mol. The summed E-state index contributed by atoms with van der Waals surface area (Å²) in [6, 6.07) is 5.71. The summed E-state index contributed by atoms with van der Waals surface area (Å²) in [6.07, 6.45) is 3.36. The average Bonchev–Trinajstić information content (AvgIpc) is 2.48. The second-order valence-electron chi connectivity index (χ2n) is 6.75. The normalized spacial score (nSPS) is 16.4. The van der Waals surface area contributed by atoms with Gasteiger partial charge in [-0.3, -0.25) is 0 Å². The number of hydrogen-bond donors (Lipinski definition) is 1. The number of thiol groups is 1. The highest BCUT2D eigenvalue weighted by Crippen LogP contribution is 2.41. The molecule has 1 aromatic carbocycles. The minimum absolute atomic E-state index is 0.0845. The molecule has 0 bridgehead atoms. The van der Waals surface area contributed by atoms with Crippen LogP contribution in [0.25, 0.3) is 16.5 Å². The summed E-state index contributed by atoms with van der Waals surface area (Å²) >= 11 is 4.52. The van der Waals surface area contributed by atoms with E-state index in [0.717, 1.165) is 29.6 Å². The number of aryl methyl sites for hydroxylation is 1. The van der Waals surface area contributed by atoms with Crippen LogP contribution in [0.1, 0.15) is 38.3 Å². The molecule has 0 unspecified atom stereocenters.